The van der Waals surface area contributed by atoms with Crippen LogP contribution >= 0.6 is 11.3 Å². The van der Waals surface area contributed by atoms with Crippen LogP contribution in [0.25, 0.3) is 0 Å². The third kappa shape index (κ3) is 4.17. The van der Waals surface area contributed by atoms with Crippen molar-refractivity contribution in [3.63, 3.8) is 0 Å². The fourth-order valence-corrected chi connectivity index (χ4v) is 5.53. The number of nitrogens with zero attached hydrogens (tertiary/aromatic N) is 1. The lowest BCUT2D eigenvalue weighted by atomic mass is 9.84. The highest BCUT2D eigenvalue weighted by molar-refractivity contribution is 7.07. The Balaban J connectivity index is 1.52. The third-order valence-corrected chi connectivity index (χ3v) is 6.99. The minimum absolute atomic E-state index is 0.0297. The molecule has 1 aromatic carbocycles. The summed E-state index contributed by atoms with van der Waals surface area (Å²) in [6, 6.07) is 9.13. The molecule has 1 aliphatic carbocycles. The summed E-state index contributed by atoms with van der Waals surface area (Å²) >= 11 is 1.67. The van der Waals surface area contributed by atoms with Crippen molar-refractivity contribution in [3.05, 3.63) is 52.2 Å². The summed E-state index contributed by atoms with van der Waals surface area (Å²) in [5.41, 5.74) is 1.77. The number of rotatable bonds is 6. The molecule has 1 saturated heterocycles. The molecular weight excluding hydrogens is 384 g/mol. The molecule has 0 bridgehead atoms. The van der Waals surface area contributed by atoms with Gasteiger partial charge in [-0.1, -0.05) is 25.0 Å². The van der Waals surface area contributed by atoms with Gasteiger partial charge in [-0.3, -0.25) is 9.59 Å². The summed E-state index contributed by atoms with van der Waals surface area (Å²) < 4.78 is 5.42. The van der Waals surface area contributed by atoms with E-state index in [2.05, 4.69) is 16.8 Å². The second kappa shape index (κ2) is 8.99. The molecular formula is C23H28N2O3S. The van der Waals surface area contributed by atoms with E-state index < -0.39 is 6.04 Å². The van der Waals surface area contributed by atoms with Gasteiger partial charge in [-0.05, 0) is 66.1 Å². The maximum absolute atomic E-state index is 13.5. The van der Waals surface area contributed by atoms with Crippen LogP contribution in [0.3, 0.4) is 0 Å². The lowest BCUT2D eigenvalue weighted by Gasteiger charge is -2.34. The zero-order valence-corrected chi connectivity index (χ0v) is 17.6. The third-order valence-electron chi connectivity index (χ3n) is 6.26. The number of carbonyl (C=O) groups excluding carboxylic acids is 2. The van der Waals surface area contributed by atoms with Gasteiger partial charge in [0.15, 0.2) is 0 Å². The van der Waals surface area contributed by atoms with Gasteiger partial charge in [-0.25, -0.2) is 0 Å². The standard InChI is InChI=1S/C23H28N2O3S/c1-28-21-9-5-3-7-18(21)23(27)25-19-8-4-2-6-17(19)14-20(25)22(26)24-12-10-16-11-13-29-15-16/h3,5,7,9,11,13,15,17,19-20H,2,4,6,8,10,12,14H2,1H3,(H,24,26)/t17-,19+,20+/m1/s1. The Morgan fingerprint density at radius 1 is 1.21 bits per heavy atom. The molecule has 0 spiro atoms. The Kier molecular flexibility index (Phi) is 6.19. The molecule has 6 heteroatoms. The molecule has 4 rings (SSSR count). The van der Waals surface area contributed by atoms with Crippen LogP contribution in [-0.2, 0) is 11.2 Å². The molecule has 154 valence electrons. The van der Waals surface area contributed by atoms with Crippen LogP contribution in [-0.4, -0.2) is 42.5 Å². The highest BCUT2D eigenvalue weighted by Crippen LogP contribution is 2.41. The first-order valence-corrected chi connectivity index (χ1v) is 11.4. The average molecular weight is 413 g/mol. The zero-order chi connectivity index (χ0) is 20.2. The predicted octanol–water partition coefficient (Wildman–Crippen LogP) is 3.89. The van der Waals surface area contributed by atoms with Crippen molar-refractivity contribution in [2.45, 2.75) is 50.6 Å². The Morgan fingerprint density at radius 2 is 2.03 bits per heavy atom. The summed E-state index contributed by atoms with van der Waals surface area (Å²) in [5.74, 6) is 0.858. The maximum Gasteiger partial charge on any atom is 0.258 e. The quantitative estimate of drug-likeness (QED) is 0.783. The number of thiophene rings is 1. The van der Waals surface area contributed by atoms with Crippen molar-refractivity contribution in [1.82, 2.24) is 10.2 Å². The fourth-order valence-electron chi connectivity index (χ4n) is 4.83. The van der Waals surface area contributed by atoms with Gasteiger partial charge in [-0.15, -0.1) is 0 Å². The van der Waals surface area contributed by atoms with Gasteiger partial charge in [-0.2, -0.15) is 11.3 Å². The number of ether oxygens (including phenoxy) is 1. The molecule has 2 heterocycles. The minimum atomic E-state index is -0.400. The van der Waals surface area contributed by atoms with Gasteiger partial charge >= 0.3 is 0 Å². The topological polar surface area (TPSA) is 58.6 Å². The number of fused-ring (bicyclic) bond motifs is 1. The normalized spacial score (nSPS) is 23.5. The SMILES string of the molecule is COc1ccccc1C(=O)N1[C@H](C(=O)NCCc2ccsc2)C[C@H]2CCCC[C@@H]21. The monoisotopic (exact) mass is 412 g/mol. The van der Waals surface area contributed by atoms with E-state index in [0.717, 1.165) is 32.1 Å². The van der Waals surface area contributed by atoms with Crippen molar-refractivity contribution in [2.24, 2.45) is 5.92 Å². The number of likely N-dealkylation sites (tertiary alicyclic amines) is 1. The Bertz CT molecular complexity index is 852. The van der Waals surface area contributed by atoms with Crippen molar-refractivity contribution >= 4 is 23.2 Å². The van der Waals surface area contributed by atoms with Gasteiger partial charge in [0.05, 0.1) is 12.7 Å². The smallest absolute Gasteiger partial charge is 0.258 e. The van der Waals surface area contributed by atoms with Crippen molar-refractivity contribution in [1.29, 1.82) is 0 Å². The molecule has 0 unspecified atom stereocenters. The van der Waals surface area contributed by atoms with E-state index in [1.54, 1.807) is 30.6 Å². The number of methoxy groups -OCH3 is 1. The average Bonchev–Trinajstić information content (AvgIpc) is 3.41. The first-order chi connectivity index (χ1) is 14.2. The van der Waals surface area contributed by atoms with Gasteiger partial charge in [0.1, 0.15) is 11.8 Å². The number of benzene rings is 1. The van der Waals surface area contributed by atoms with E-state index in [1.165, 1.54) is 12.0 Å². The predicted molar refractivity (Wildman–Crippen MR) is 114 cm³/mol. The largest absolute Gasteiger partial charge is 0.496 e. The van der Waals surface area contributed by atoms with Crippen molar-refractivity contribution in [3.8, 4) is 5.75 Å². The number of amides is 2. The molecule has 2 aliphatic rings. The van der Waals surface area contributed by atoms with E-state index in [-0.39, 0.29) is 17.9 Å². The highest BCUT2D eigenvalue weighted by atomic mass is 32.1. The Morgan fingerprint density at radius 3 is 2.83 bits per heavy atom. The van der Waals surface area contributed by atoms with E-state index in [1.807, 2.05) is 22.4 Å². The number of hydrogen-bond acceptors (Lipinski definition) is 4. The van der Waals surface area contributed by atoms with Gasteiger partial charge in [0, 0.05) is 12.6 Å². The second-order valence-corrected chi connectivity index (χ2v) is 8.73. The molecule has 2 aromatic rings. The molecule has 1 N–H and O–H groups in total. The lowest BCUT2D eigenvalue weighted by Crippen LogP contribution is -2.49. The van der Waals surface area contributed by atoms with E-state index >= 15 is 0 Å². The molecule has 1 saturated carbocycles. The molecule has 3 atom stereocenters. The molecule has 1 aliphatic heterocycles. The van der Waals surface area contributed by atoms with Gasteiger partial charge in [0.25, 0.3) is 5.91 Å². The summed E-state index contributed by atoms with van der Waals surface area (Å²) in [5, 5.41) is 7.23. The van der Waals surface area contributed by atoms with E-state index in [0.29, 0.717) is 23.8 Å². The molecule has 1 aromatic heterocycles. The first-order valence-electron chi connectivity index (χ1n) is 10.4. The van der Waals surface area contributed by atoms with E-state index in [4.69, 9.17) is 4.74 Å². The molecule has 0 radical (unpaired) electrons. The summed E-state index contributed by atoms with van der Waals surface area (Å²) in [4.78, 5) is 28.5. The van der Waals surface area contributed by atoms with Crippen LogP contribution in [0.2, 0.25) is 0 Å². The molecule has 29 heavy (non-hydrogen) atoms. The van der Waals surface area contributed by atoms with Crippen molar-refractivity contribution in [2.75, 3.05) is 13.7 Å². The van der Waals surface area contributed by atoms with Crippen LogP contribution in [0.15, 0.2) is 41.1 Å². The Hall–Kier alpha value is -2.34. The summed E-state index contributed by atoms with van der Waals surface area (Å²) in [7, 11) is 1.58. The van der Waals surface area contributed by atoms with Crippen LogP contribution < -0.4 is 10.1 Å². The van der Waals surface area contributed by atoms with Gasteiger partial charge < -0.3 is 15.0 Å². The number of para-hydroxylation sites is 1. The summed E-state index contributed by atoms with van der Waals surface area (Å²) in [6.07, 6.45) is 5.95. The van der Waals surface area contributed by atoms with Crippen LogP contribution in [0, 0.1) is 5.92 Å². The lowest BCUT2D eigenvalue weighted by molar-refractivity contribution is -0.125. The molecule has 5 nitrogen and oxygen atoms in total. The fraction of sp³-hybridized carbons (Fsp3) is 0.478. The number of carbonyl (C=O) groups is 2. The van der Waals surface area contributed by atoms with E-state index in [9.17, 15) is 9.59 Å². The number of hydrogen-bond donors (Lipinski definition) is 1. The summed E-state index contributed by atoms with van der Waals surface area (Å²) in [6.45, 7) is 0.595. The number of nitrogens with one attached hydrogen (secondary N) is 1. The highest BCUT2D eigenvalue weighted by Gasteiger charge is 2.47. The zero-order valence-electron chi connectivity index (χ0n) is 16.8. The molecule has 2 fully saturated rings. The van der Waals surface area contributed by atoms with Crippen LogP contribution in [0.5, 0.6) is 5.75 Å². The van der Waals surface area contributed by atoms with Crippen LogP contribution in [0.1, 0.15) is 48.0 Å². The van der Waals surface area contributed by atoms with Gasteiger partial charge in [0.2, 0.25) is 5.91 Å². The first kappa shape index (κ1) is 20.0. The molecule has 2 amide bonds. The van der Waals surface area contributed by atoms with Crippen LogP contribution in [0.4, 0.5) is 0 Å². The Labute approximate surface area is 176 Å². The minimum Gasteiger partial charge on any atom is -0.496 e. The maximum atomic E-state index is 13.5. The van der Waals surface area contributed by atoms with Crippen molar-refractivity contribution < 1.29 is 14.3 Å². The second-order valence-electron chi connectivity index (χ2n) is 7.95.